The highest BCUT2D eigenvalue weighted by Crippen LogP contribution is 2.25. The predicted octanol–water partition coefficient (Wildman–Crippen LogP) is 4.25. The van der Waals surface area contributed by atoms with Gasteiger partial charge < -0.3 is 10.1 Å². The summed E-state index contributed by atoms with van der Waals surface area (Å²) in [4.78, 5) is 0. The summed E-state index contributed by atoms with van der Waals surface area (Å²) >= 11 is 4.18. The van der Waals surface area contributed by atoms with Gasteiger partial charge in [0.1, 0.15) is 5.75 Å². The van der Waals surface area contributed by atoms with Crippen LogP contribution in [0.25, 0.3) is 0 Å². The highest BCUT2D eigenvalue weighted by molar-refractivity contribution is 14.1. The van der Waals surface area contributed by atoms with Crippen LogP contribution in [0.3, 0.4) is 0 Å². The summed E-state index contributed by atoms with van der Waals surface area (Å²) in [7, 11) is 3.73. The second-order valence-electron chi connectivity index (χ2n) is 4.41. The molecule has 0 saturated heterocycles. The first-order chi connectivity index (χ1) is 9.22. The average molecular weight is 387 g/mol. The molecule has 1 N–H and O–H groups in total. The lowest BCUT2D eigenvalue weighted by Gasteiger charge is -2.15. The maximum Gasteiger partial charge on any atom is 0.118 e. The van der Waals surface area contributed by atoms with Gasteiger partial charge in [0.15, 0.2) is 0 Å². The van der Waals surface area contributed by atoms with Gasteiger partial charge in [0.25, 0.3) is 0 Å². The molecule has 0 radical (unpaired) electrons. The Hall–Kier alpha value is -0.590. The van der Waals surface area contributed by atoms with Crippen molar-refractivity contribution in [3.63, 3.8) is 0 Å². The second kappa shape index (κ2) is 7.26. The predicted molar refractivity (Wildman–Crippen MR) is 90.2 cm³/mol. The fraction of sp³-hybridized carbons (Fsp3) is 0.333. The zero-order valence-electron chi connectivity index (χ0n) is 11.2. The molecule has 102 valence electrons. The van der Waals surface area contributed by atoms with Crippen molar-refractivity contribution in [2.45, 2.75) is 18.9 Å². The fourth-order valence-corrected chi connectivity index (χ4v) is 3.51. The molecule has 1 heterocycles. The first kappa shape index (κ1) is 14.8. The molecule has 0 fully saturated rings. The highest BCUT2D eigenvalue weighted by Gasteiger charge is 2.11. The van der Waals surface area contributed by atoms with Crippen molar-refractivity contribution < 1.29 is 4.74 Å². The van der Waals surface area contributed by atoms with Crippen molar-refractivity contribution in [3.8, 4) is 5.75 Å². The molecule has 0 saturated carbocycles. The summed E-state index contributed by atoms with van der Waals surface area (Å²) < 4.78 is 6.52. The Kier molecular flexibility index (Phi) is 5.66. The van der Waals surface area contributed by atoms with E-state index in [1.165, 1.54) is 14.0 Å². The van der Waals surface area contributed by atoms with E-state index in [-0.39, 0.29) is 0 Å². The van der Waals surface area contributed by atoms with E-state index in [9.17, 15) is 0 Å². The van der Waals surface area contributed by atoms with Gasteiger partial charge >= 0.3 is 0 Å². The highest BCUT2D eigenvalue weighted by atomic mass is 127. The SMILES string of the molecule is CNC(CCc1ccc(OC)cc1)c1csc(I)c1. The lowest BCUT2D eigenvalue weighted by molar-refractivity contribution is 0.414. The molecule has 1 unspecified atom stereocenters. The number of thiophene rings is 1. The van der Waals surface area contributed by atoms with Crippen LogP contribution in [0.5, 0.6) is 5.75 Å². The minimum Gasteiger partial charge on any atom is -0.497 e. The van der Waals surface area contributed by atoms with Crippen LogP contribution in [0, 0.1) is 2.88 Å². The van der Waals surface area contributed by atoms with E-state index in [4.69, 9.17) is 4.74 Å². The van der Waals surface area contributed by atoms with Crippen LogP contribution >= 0.6 is 33.9 Å². The summed E-state index contributed by atoms with van der Waals surface area (Å²) in [6, 6.07) is 11.0. The van der Waals surface area contributed by atoms with Crippen molar-refractivity contribution in [2.24, 2.45) is 0 Å². The molecule has 2 nitrogen and oxygen atoms in total. The summed E-state index contributed by atoms with van der Waals surface area (Å²) in [6.07, 6.45) is 2.18. The molecule has 0 bridgehead atoms. The quantitative estimate of drug-likeness (QED) is 0.749. The van der Waals surface area contributed by atoms with Gasteiger partial charge in [0.2, 0.25) is 0 Å². The summed E-state index contributed by atoms with van der Waals surface area (Å²) in [6.45, 7) is 0. The molecule has 0 spiro atoms. The lowest BCUT2D eigenvalue weighted by Crippen LogP contribution is -2.16. The Morgan fingerprint density at radius 1 is 1.32 bits per heavy atom. The van der Waals surface area contributed by atoms with Gasteiger partial charge in [-0.05, 0) is 77.2 Å². The van der Waals surface area contributed by atoms with Crippen LogP contribution < -0.4 is 10.1 Å². The molecule has 0 aliphatic carbocycles. The Labute approximate surface area is 132 Å². The van der Waals surface area contributed by atoms with Gasteiger partial charge in [0, 0.05) is 6.04 Å². The zero-order chi connectivity index (χ0) is 13.7. The maximum atomic E-state index is 5.18. The largest absolute Gasteiger partial charge is 0.497 e. The van der Waals surface area contributed by atoms with Crippen molar-refractivity contribution in [3.05, 3.63) is 49.7 Å². The van der Waals surface area contributed by atoms with E-state index in [2.05, 4.69) is 51.5 Å². The first-order valence-corrected chi connectivity index (χ1v) is 8.23. The van der Waals surface area contributed by atoms with Crippen LogP contribution in [-0.2, 0) is 6.42 Å². The average Bonchev–Trinajstić information content (AvgIpc) is 2.87. The van der Waals surface area contributed by atoms with Crippen LogP contribution in [0.2, 0.25) is 0 Å². The number of aryl methyl sites for hydroxylation is 1. The van der Waals surface area contributed by atoms with E-state index in [1.807, 2.05) is 19.2 Å². The molecule has 0 aliphatic rings. The van der Waals surface area contributed by atoms with Crippen molar-refractivity contribution >= 4 is 33.9 Å². The van der Waals surface area contributed by atoms with Gasteiger partial charge in [-0.25, -0.2) is 0 Å². The molecule has 1 aromatic heterocycles. The monoisotopic (exact) mass is 387 g/mol. The Bertz CT molecular complexity index is 509. The minimum absolute atomic E-state index is 0.432. The van der Waals surface area contributed by atoms with Gasteiger partial charge in [-0.15, -0.1) is 11.3 Å². The second-order valence-corrected chi connectivity index (χ2v) is 7.22. The molecule has 0 amide bonds. The Morgan fingerprint density at radius 3 is 2.58 bits per heavy atom. The third-order valence-corrected chi connectivity index (χ3v) is 5.03. The van der Waals surface area contributed by atoms with Gasteiger partial charge in [-0.1, -0.05) is 12.1 Å². The Balaban J connectivity index is 1.95. The standard InChI is InChI=1S/C15H18INOS/c1-17-14(12-9-15(16)19-10-12)8-5-11-3-6-13(18-2)7-4-11/h3-4,6-7,9-10,14,17H,5,8H2,1-2H3. The van der Waals surface area contributed by atoms with Crippen LogP contribution in [0.1, 0.15) is 23.6 Å². The van der Waals surface area contributed by atoms with E-state index in [0.717, 1.165) is 18.6 Å². The summed E-state index contributed by atoms with van der Waals surface area (Å²) in [5.41, 5.74) is 2.75. The third kappa shape index (κ3) is 4.19. The van der Waals surface area contributed by atoms with Crippen LogP contribution in [-0.4, -0.2) is 14.2 Å². The Morgan fingerprint density at radius 2 is 2.05 bits per heavy atom. The topological polar surface area (TPSA) is 21.3 Å². The number of methoxy groups -OCH3 is 1. The lowest BCUT2D eigenvalue weighted by atomic mass is 10.0. The normalized spacial score (nSPS) is 12.4. The van der Waals surface area contributed by atoms with Crippen LogP contribution in [0.4, 0.5) is 0 Å². The molecular weight excluding hydrogens is 369 g/mol. The number of hydrogen-bond donors (Lipinski definition) is 1. The summed E-state index contributed by atoms with van der Waals surface area (Å²) in [5, 5.41) is 5.65. The van der Waals surface area contributed by atoms with E-state index in [0.29, 0.717) is 6.04 Å². The van der Waals surface area contributed by atoms with Crippen molar-refractivity contribution in [2.75, 3.05) is 14.2 Å². The minimum atomic E-state index is 0.432. The molecule has 4 heteroatoms. The first-order valence-electron chi connectivity index (χ1n) is 6.27. The van der Waals surface area contributed by atoms with E-state index < -0.39 is 0 Å². The number of ether oxygens (including phenoxy) is 1. The van der Waals surface area contributed by atoms with Crippen molar-refractivity contribution in [1.82, 2.24) is 5.32 Å². The molecule has 19 heavy (non-hydrogen) atoms. The van der Waals surface area contributed by atoms with Gasteiger partial charge in [0.05, 0.1) is 9.99 Å². The smallest absolute Gasteiger partial charge is 0.118 e. The number of halogens is 1. The van der Waals surface area contributed by atoms with E-state index in [1.54, 1.807) is 18.4 Å². The summed E-state index contributed by atoms with van der Waals surface area (Å²) in [5.74, 6) is 0.918. The number of rotatable bonds is 6. The maximum absolute atomic E-state index is 5.18. The number of nitrogens with one attached hydrogen (secondary N) is 1. The molecular formula is C15H18INOS. The molecule has 0 aliphatic heterocycles. The number of benzene rings is 1. The van der Waals surface area contributed by atoms with Crippen LogP contribution in [0.15, 0.2) is 35.7 Å². The zero-order valence-corrected chi connectivity index (χ0v) is 14.1. The van der Waals surface area contributed by atoms with Crippen molar-refractivity contribution in [1.29, 1.82) is 0 Å². The molecule has 2 rings (SSSR count). The third-order valence-electron chi connectivity index (χ3n) is 3.22. The van der Waals surface area contributed by atoms with E-state index >= 15 is 0 Å². The van der Waals surface area contributed by atoms with Gasteiger partial charge in [-0.2, -0.15) is 0 Å². The molecule has 2 aromatic rings. The molecule has 1 atom stereocenters. The van der Waals surface area contributed by atoms with Gasteiger partial charge in [-0.3, -0.25) is 0 Å². The molecule has 1 aromatic carbocycles. The number of hydrogen-bond acceptors (Lipinski definition) is 3. The fourth-order valence-electron chi connectivity index (χ4n) is 2.09.